The van der Waals surface area contributed by atoms with Crippen molar-refractivity contribution in [1.82, 2.24) is 10.2 Å². The van der Waals surface area contributed by atoms with Crippen LogP contribution in [-0.4, -0.2) is 48.0 Å². The van der Waals surface area contributed by atoms with Crippen LogP contribution in [0, 0.1) is 0 Å². The van der Waals surface area contributed by atoms with Gasteiger partial charge in [0.25, 0.3) is 5.91 Å². The van der Waals surface area contributed by atoms with Gasteiger partial charge in [-0.25, -0.2) is 0 Å². The molecule has 46 heavy (non-hydrogen) atoms. The van der Waals surface area contributed by atoms with E-state index < -0.39 is 11.9 Å². The second-order valence-electron chi connectivity index (χ2n) is 11.7. The highest BCUT2D eigenvalue weighted by Crippen LogP contribution is 2.40. The Balaban J connectivity index is 1.42. The smallest absolute Gasteiger partial charge is 0.305 e. The van der Waals surface area contributed by atoms with Gasteiger partial charge in [-0.15, -0.1) is 0 Å². The highest BCUT2D eigenvalue weighted by atomic mass is 35.5. The quantitative estimate of drug-likeness (QED) is 0.168. The minimum Gasteiger partial charge on any atom is -0.497 e. The zero-order valence-corrected chi connectivity index (χ0v) is 26.9. The summed E-state index contributed by atoms with van der Waals surface area (Å²) in [6.07, 6.45) is 2.28. The van der Waals surface area contributed by atoms with Gasteiger partial charge in [0, 0.05) is 30.2 Å². The van der Waals surface area contributed by atoms with E-state index in [2.05, 4.69) is 30.4 Å². The fourth-order valence-electron chi connectivity index (χ4n) is 6.23. The normalized spacial score (nSPS) is 13.8. The lowest BCUT2D eigenvalue weighted by molar-refractivity contribution is -0.137. The number of carboxylic acids is 1. The van der Waals surface area contributed by atoms with Gasteiger partial charge in [-0.05, 0) is 94.6 Å². The Hall–Kier alpha value is -4.62. The number of aliphatic carboxylic acids is 1. The van der Waals surface area contributed by atoms with Crippen molar-refractivity contribution in [3.05, 3.63) is 124 Å². The first kappa shape index (κ1) is 32.8. The van der Waals surface area contributed by atoms with Gasteiger partial charge in [-0.1, -0.05) is 73.5 Å². The summed E-state index contributed by atoms with van der Waals surface area (Å²) < 4.78 is 5.32. The van der Waals surface area contributed by atoms with Crippen LogP contribution >= 0.6 is 11.6 Å². The van der Waals surface area contributed by atoms with Gasteiger partial charge in [0.15, 0.2) is 0 Å². The second-order valence-corrected chi connectivity index (χ2v) is 12.1. The second kappa shape index (κ2) is 15.1. The molecule has 2 N–H and O–H groups in total. The van der Waals surface area contributed by atoms with Crippen molar-refractivity contribution in [3.63, 3.8) is 0 Å². The molecule has 0 aromatic heterocycles. The number of benzene rings is 4. The van der Waals surface area contributed by atoms with Gasteiger partial charge < -0.3 is 20.1 Å². The number of nitrogens with one attached hydrogen (secondary N) is 1. The van der Waals surface area contributed by atoms with E-state index in [0.717, 1.165) is 52.8 Å². The van der Waals surface area contributed by atoms with Crippen LogP contribution < -0.4 is 10.1 Å². The molecule has 0 spiro atoms. The summed E-state index contributed by atoms with van der Waals surface area (Å²) in [5.41, 5.74) is 6.91. The van der Waals surface area contributed by atoms with Gasteiger partial charge in [-0.3, -0.25) is 14.4 Å². The van der Waals surface area contributed by atoms with Crippen LogP contribution in [-0.2, 0) is 22.6 Å². The molecule has 7 nitrogen and oxygen atoms in total. The SMILES string of the molecule is CCCC(c1ccc(C(=O)NCCC(=O)O)cc1)C(C(=O)N1CCc2ccc(-c3ccc(OC)cc3)cc2C1)c1ccc(Cl)cc1. The van der Waals surface area contributed by atoms with Crippen LogP contribution in [0.5, 0.6) is 5.75 Å². The number of ether oxygens (including phenoxy) is 1. The maximum atomic E-state index is 14.6. The third-order valence-corrected chi connectivity index (χ3v) is 8.93. The van der Waals surface area contributed by atoms with E-state index >= 15 is 0 Å². The third-order valence-electron chi connectivity index (χ3n) is 8.68. The van der Waals surface area contributed by atoms with Crippen molar-refractivity contribution < 1.29 is 24.2 Å². The third kappa shape index (κ3) is 7.77. The lowest BCUT2D eigenvalue weighted by Crippen LogP contribution is -2.40. The number of carboxylic acid groups (broad SMARTS) is 1. The minimum absolute atomic E-state index is 0.0576. The molecular formula is C38H39ClN2O5. The summed E-state index contributed by atoms with van der Waals surface area (Å²) in [6, 6.07) is 29.4. The Morgan fingerprint density at radius 3 is 2.22 bits per heavy atom. The molecule has 4 aromatic rings. The topological polar surface area (TPSA) is 95.9 Å². The van der Waals surface area contributed by atoms with E-state index in [1.165, 1.54) is 5.56 Å². The zero-order chi connectivity index (χ0) is 32.6. The Kier molecular flexibility index (Phi) is 10.8. The molecular weight excluding hydrogens is 600 g/mol. The summed E-state index contributed by atoms with van der Waals surface area (Å²) in [5.74, 6) is -0.996. The van der Waals surface area contributed by atoms with Gasteiger partial charge in [0.1, 0.15) is 5.75 Å². The summed E-state index contributed by atoms with van der Waals surface area (Å²) in [7, 11) is 1.66. The van der Waals surface area contributed by atoms with Crippen molar-refractivity contribution in [2.45, 2.75) is 51.0 Å². The molecule has 1 aliphatic heterocycles. The number of rotatable bonds is 12. The first-order chi connectivity index (χ1) is 22.3. The van der Waals surface area contributed by atoms with Crippen molar-refractivity contribution in [3.8, 4) is 16.9 Å². The standard InChI is InChI=1S/C38H39ClN2O5/c1-3-4-34(27-6-8-29(9-7-27)37(44)40-21-19-35(42)43)36(28-11-15-32(39)16-12-28)38(45)41-22-20-26-5-10-30(23-31(26)24-41)25-13-17-33(46-2)18-14-25/h5-18,23,34,36H,3-4,19-22,24H2,1-2H3,(H,40,44)(H,42,43). The lowest BCUT2D eigenvalue weighted by Gasteiger charge is -2.35. The number of halogens is 1. The number of fused-ring (bicyclic) bond motifs is 1. The number of hydrogen-bond acceptors (Lipinski definition) is 4. The summed E-state index contributed by atoms with van der Waals surface area (Å²) in [4.78, 5) is 40.0. The van der Waals surface area contributed by atoms with Gasteiger partial charge in [0.2, 0.25) is 5.91 Å². The van der Waals surface area contributed by atoms with Crippen molar-refractivity contribution in [2.24, 2.45) is 0 Å². The first-order valence-corrected chi connectivity index (χ1v) is 16.1. The fourth-order valence-corrected chi connectivity index (χ4v) is 6.35. The molecule has 0 fully saturated rings. The monoisotopic (exact) mass is 638 g/mol. The van der Waals surface area contributed by atoms with E-state index in [0.29, 0.717) is 23.7 Å². The van der Waals surface area contributed by atoms with Crippen LogP contribution in [0.3, 0.4) is 0 Å². The molecule has 1 aliphatic rings. The summed E-state index contributed by atoms with van der Waals surface area (Å²) in [5, 5.41) is 12.1. The van der Waals surface area contributed by atoms with E-state index in [9.17, 15) is 14.4 Å². The Morgan fingerprint density at radius 2 is 1.57 bits per heavy atom. The molecule has 0 saturated heterocycles. The Morgan fingerprint density at radius 1 is 0.891 bits per heavy atom. The predicted octanol–water partition coefficient (Wildman–Crippen LogP) is 7.47. The molecule has 0 saturated carbocycles. The molecule has 8 heteroatoms. The van der Waals surface area contributed by atoms with Gasteiger partial charge in [0.05, 0.1) is 19.4 Å². The van der Waals surface area contributed by atoms with Crippen molar-refractivity contribution in [1.29, 1.82) is 0 Å². The van der Waals surface area contributed by atoms with Crippen LogP contribution in [0.4, 0.5) is 0 Å². The number of methoxy groups -OCH3 is 1. The van der Waals surface area contributed by atoms with Gasteiger partial charge >= 0.3 is 5.97 Å². The summed E-state index contributed by atoms with van der Waals surface area (Å²) in [6.45, 7) is 3.32. The molecule has 5 rings (SSSR count). The molecule has 0 bridgehead atoms. The first-order valence-electron chi connectivity index (χ1n) is 15.7. The molecule has 1 heterocycles. The molecule has 238 valence electrons. The van der Waals surface area contributed by atoms with E-state index in [4.69, 9.17) is 21.4 Å². The predicted molar refractivity (Wildman–Crippen MR) is 180 cm³/mol. The molecule has 4 aromatic carbocycles. The van der Waals surface area contributed by atoms with E-state index in [1.54, 1.807) is 19.2 Å². The molecule has 0 radical (unpaired) electrons. The highest BCUT2D eigenvalue weighted by Gasteiger charge is 2.35. The maximum Gasteiger partial charge on any atom is 0.305 e. The molecule has 2 amide bonds. The average Bonchev–Trinajstić information content (AvgIpc) is 3.08. The largest absolute Gasteiger partial charge is 0.497 e. The van der Waals surface area contributed by atoms with Gasteiger partial charge in [-0.2, -0.15) is 0 Å². The lowest BCUT2D eigenvalue weighted by atomic mass is 9.77. The average molecular weight is 639 g/mol. The van der Waals surface area contributed by atoms with Crippen molar-refractivity contribution in [2.75, 3.05) is 20.2 Å². The maximum absolute atomic E-state index is 14.6. The van der Waals surface area contributed by atoms with Crippen LogP contribution in [0.25, 0.3) is 11.1 Å². The van der Waals surface area contributed by atoms with E-state index in [-0.39, 0.29) is 30.7 Å². The van der Waals surface area contributed by atoms with Crippen LogP contribution in [0.1, 0.15) is 70.6 Å². The summed E-state index contributed by atoms with van der Waals surface area (Å²) >= 11 is 6.27. The highest BCUT2D eigenvalue weighted by molar-refractivity contribution is 6.30. The molecule has 0 aliphatic carbocycles. The number of carbonyl (C=O) groups is 3. The van der Waals surface area contributed by atoms with E-state index in [1.807, 2.05) is 65.6 Å². The Labute approximate surface area is 275 Å². The molecule has 2 atom stereocenters. The van der Waals surface area contributed by atoms with Crippen LogP contribution in [0.15, 0.2) is 91.0 Å². The minimum atomic E-state index is -0.967. The number of amides is 2. The zero-order valence-electron chi connectivity index (χ0n) is 26.2. The number of carbonyl (C=O) groups excluding carboxylic acids is 2. The van der Waals surface area contributed by atoms with Crippen LogP contribution in [0.2, 0.25) is 5.02 Å². The number of hydrogen-bond donors (Lipinski definition) is 2. The number of nitrogens with zero attached hydrogens (tertiary/aromatic N) is 1. The van der Waals surface area contributed by atoms with Crippen molar-refractivity contribution >= 4 is 29.4 Å². The Bertz CT molecular complexity index is 1670. The molecule has 2 unspecified atom stereocenters. The fraction of sp³-hybridized carbons (Fsp3) is 0.289.